The summed E-state index contributed by atoms with van der Waals surface area (Å²) in [5, 5.41) is 0. The molecule has 9 heavy (non-hydrogen) atoms. The maximum Gasteiger partial charge on any atom is 0.150 e. The van der Waals surface area contributed by atoms with Crippen LogP contribution in [0.2, 0.25) is 0 Å². The van der Waals surface area contributed by atoms with E-state index in [-0.39, 0.29) is 5.75 Å². The second kappa shape index (κ2) is 3.14. The summed E-state index contributed by atoms with van der Waals surface area (Å²) in [5.74, 6) is 4.69. The molecule has 0 aliphatic heterocycles. The van der Waals surface area contributed by atoms with Gasteiger partial charge in [0.05, 0.1) is 11.9 Å². The zero-order valence-corrected chi connectivity index (χ0v) is 6.31. The molecule has 0 bridgehead atoms. The average Bonchev–Trinajstić information content (AvgIpc) is 1.62. The monoisotopic (exact) mass is 153 g/mol. The molecule has 0 fully saturated rings. The molecule has 0 aliphatic rings. The molecule has 0 spiro atoms. The van der Waals surface area contributed by atoms with Gasteiger partial charge in [0.25, 0.3) is 0 Å². The van der Waals surface area contributed by atoms with Gasteiger partial charge in [-0.2, -0.15) is 0 Å². The summed E-state index contributed by atoms with van der Waals surface area (Å²) in [5.41, 5.74) is 0. The minimum Gasteiger partial charge on any atom is -0.301 e. The SMILES string of the molecule is CC(CS(C)(=O)=O)ON. The quantitative estimate of drug-likeness (QED) is 0.545. The Morgan fingerprint density at radius 1 is 1.67 bits per heavy atom. The number of hydrogen-bond donors (Lipinski definition) is 1. The molecule has 1 atom stereocenters. The van der Waals surface area contributed by atoms with Crippen LogP contribution in [0.15, 0.2) is 0 Å². The first-order chi connectivity index (χ1) is 3.95. The Bertz CT molecular complexity index is 163. The highest BCUT2D eigenvalue weighted by atomic mass is 32.2. The fourth-order valence-electron chi connectivity index (χ4n) is 0.466. The highest BCUT2D eigenvalue weighted by molar-refractivity contribution is 7.90. The standard InChI is InChI=1S/C4H11NO3S/c1-4(8-5)3-9(2,6)7/h4H,3,5H2,1-2H3. The smallest absolute Gasteiger partial charge is 0.150 e. The van der Waals surface area contributed by atoms with Crippen LogP contribution >= 0.6 is 0 Å². The average molecular weight is 153 g/mol. The molecule has 56 valence electrons. The molecule has 0 aromatic heterocycles. The summed E-state index contributed by atoms with van der Waals surface area (Å²) < 4.78 is 20.9. The molecule has 0 heterocycles. The van der Waals surface area contributed by atoms with Crippen molar-refractivity contribution in [1.29, 1.82) is 0 Å². The van der Waals surface area contributed by atoms with Crippen molar-refractivity contribution in [1.82, 2.24) is 0 Å². The van der Waals surface area contributed by atoms with Gasteiger partial charge in [-0.15, -0.1) is 0 Å². The van der Waals surface area contributed by atoms with Crippen molar-refractivity contribution in [3.63, 3.8) is 0 Å². The molecule has 0 aliphatic carbocycles. The first kappa shape index (κ1) is 8.87. The molecule has 2 N–H and O–H groups in total. The molecule has 0 saturated heterocycles. The van der Waals surface area contributed by atoms with E-state index in [1.165, 1.54) is 0 Å². The first-order valence-corrected chi connectivity index (χ1v) is 4.55. The summed E-state index contributed by atoms with van der Waals surface area (Å²) >= 11 is 0. The lowest BCUT2D eigenvalue weighted by atomic mass is 10.5. The predicted molar refractivity (Wildman–Crippen MR) is 34.4 cm³/mol. The molecular weight excluding hydrogens is 142 g/mol. The van der Waals surface area contributed by atoms with Gasteiger partial charge >= 0.3 is 0 Å². The van der Waals surface area contributed by atoms with Gasteiger partial charge in [-0.25, -0.2) is 14.3 Å². The fraction of sp³-hybridized carbons (Fsp3) is 1.00. The molecular formula is C4H11NO3S. The number of nitrogens with two attached hydrogens (primary N) is 1. The maximum atomic E-state index is 10.5. The zero-order valence-electron chi connectivity index (χ0n) is 5.49. The van der Waals surface area contributed by atoms with Crippen molar-refractivity contribution in [3.05, 3.63) is 0 Å². The highest BCUT2D eigenvalue weighted by Gasteiger charge is 2.08. The normalized spacial score (nSPS) is 15.4. The van der Waals surface area contributed by atoms with Crippen molar-refractivity contribution in [2.24, 2.45) is 5.90 Å². The first-order valence-electron chi connectivity index (χ1n) is 2.49. The third-order valence-corrected chi connectivity index (χ3v) is 1.84. The lowest BCUT2D eigenvalue weighted by molar-refractivity contribution is 0.0821. The molecule has 0 aromatic carbocycles. The summed E-state index contributed by atoms with van der Waals surface area (Å²) in [7, 11) is -2.94. The van der Waals surface area contributed by atoms with Crippen LogP contribution in [0.1, 0.15) is 6.92 Å². The number of hydrogen-bond acceptors (Lipinski definition) is 4. The van der Waals surface area contributed by atoms with Crippen LogP contribution in [-0.2, 0) is 14.7 Å². The van der Waals surface area contributed by atoms with E-state index in [1.807, 2.05) is 0 Å². The zero-order chi connectivity index (χ0) is 7.49. The third-order valence-electron chi connectivity index (χ3n) is 0.770. The van der Waals surface area contributed by atoms with E-state index < -0.39 is 15.9 Å². The Hall–Kier alpha value is -0.130. The van der Waals surface area contributed by atoms with Crippen molar-refractivity contribution in [2.75, 3.05) is 12.0 Å². The van der Waals surface area contributed by atoms with Gasteiger partial charge in [0.1, 0.15) is 9.84 Å². The lowest BCUT2D eigenvalue weighted by Gasteiger charge is -2.04. The molecule has 0 amide bonds. The second-order valence-corrected chi connectivity index (χ2v) is 4.22. The Balaban J connectivity index is 3.75. The molecule has 0 aromatic rings. The van der Waals surface area contributed by atoms with Gasteiger partial charge in [-0.3, -0.25) is 0 Å². The molecule has 0 saturated carbocycles. The summed E-state index contributed by atoms with van der Waals surface area (Å²) in [6.07, 6.45) is 0.725. The topological polar surface area (TPSA) is 69.4 Å². The van der Waals surface area contributed by atoms with Crippen LogP contribution in [0, 0.1) is 0 Å². The molecule has 1 unspecified atom stereocenters. The lowest BCUT2D eigenvalue weighted by Crippen LogP contribution is -2.22. The van der Waals surface area contributed by atoms with Crippen LogP contribution in [0.3, 0.4) is 0 Å². The van der Waals surface area contributed by atoms with Gasteiger partial charge in [0, 0.05) is 6.26 Å². The van der Waals surface area contributed by atoms with Crippen molar-refractivity contribution < 1.29 is 13.3 Å². The van der Waals surface area contributed by atoms with E-state index in [0.717, 1.165) is 6.26 Å². The molecule has 0 radical (unpaired) electrons. The largest absolute Gasteiger partial charge is 0.301 e. The Labute approximate surface area is 54.9 Å². The van der Waals surface area contributed by atoms with E-state index in [0.29, 0.717) is 0 Å². The van der Waals surface area contributed by atoms with Crippen LogP contribution in [0.4, 0.5) is 0 Å². The second-order valence-electron chi connectivity index (χ2n) is 2.04. The summed E-state index contributed by atoms with van der Waals surface area (Å²) in [6, 6.07) is 0. The van der Waals surface area contributed by atoms with E-state index in [2.05, 4.69) is 4.84 Å². The predicted octanol–water partition coefficient (Wildman–Crippen LogP) is -0.690. The Morgan fingerprint density at radius 2 is 2.11 bits per heavy atom. The minimum absolute atomic E-state index is 0.0243. The fourth-order valence-corrected chi connectivity index (χ4v) is 1.40. The van der Waals surface area contributed by atoms with Gasteiger partial charge in [0.15, 0.2) is 0 Å². The molecule has 0 rings (SSSR count). The van der Waals surface area contributed by atoms with E-state index in [9.17, 15) is 8.42 Å². The van der Waals surface area contributed by atoms with Gasteiger partial charge in [-0.1, -0.05) is 0 Å². The Kier molecular flexibility index (Phi) is 3.10. The van der Waals surface area contributed by atoms with Gasteiger partial charge in [-0.05, 0) is 6.92 Å². The van der Waals surface area contributed by atoms with Crippen LogP contribution in [-0.4, -0.2) is 26.5 Å². The van der Waals surface area contributed by atoms with Crippen LogP contribution in [0.25, 0.3) is 0 Å². The third kappa shape index (κ3) is 5.75. The Morgan fingerprint density at radius 3 is 2.22 bits per heavy atom. The van der Waals surface area contributed by atoms with Crippen molar-refractivity contribution >= 4 is 9.84 Å². The maximum absolute atomic E-state index is 10.5. The molecule has 4 nitrogen and oxygen atoms in total. The van der Waals surface area contributed by atoms with Gasteiger partial charge in [0.2, 0.25) is 0 Å². The summed E-state index contributed by atoms with van der Waals surface area (Å²) in [4.78, 5) is 4.25. The summed E-state index contributed by atoms with van der Waals surface area (Å²) in [6.45, 7) is 1.60. The van der Waals surface area contributed by atoms with E-state index >= 15 is 0 Å². The molecule has 5 heteroatoms. The highest BCUT2D eigenvalue weighted by Crippen LogP contribution is 1.91. The van der Waals surface area contributed by atoms with E-state index in [4.69, 9.17) is 5.90 Å². The van der Waals surface area contributed by atoms with Crippen LogP contribution in [0.5, 0.6) is 0 Å². The number of rotatable bonds is 3. The van der Waals surface area contributed by atoms with Crippen LogP contribution < -0.4 is 5.90 Å². The van der Waals surface area contributed by atoms with Crippen molar-refractivity contribution in [3.8, 4) is 0 Å². The van der Waals surface area contributed by atoms with E-state index in [1.54, 1.807) is 6.92 Å². The number of sulfone groups is 1. The minimum atomic E-state index is -2.94. The van der Waals surface area contributed by atoms with Crippen molar-refractivity contribution in [2.45, 2.75) is 13.0 Å². The van der Waals surface area contributed by atoms with Gasteiger partial charge < -0.3 is 4.84 Å².